The highest BCUT2D eigenvalue weighted by molar-refractivity contribution is 7.80. The highest BCUT2D eigenvalue weighted by Crippen LogP contribution is 2.38. The number of pyridine rings is 1. The fourth-order valence-electron chi connectivity index (χ4n) is 3.57. The van der Waals surface area contributed by atoms with Crippen molar-refractivity contribution in [3.63, 3.8) is 0 Å². The summed E-state index contributed by atoms with van der Waals surface area (Å²) >= 11 is 5.55. The van der Waals surface area contributed by atoms with Crippen LogP contribution in [0.5, 0.6) is 0 Å². The molecule has 0 unspecified atom stereocenters. The van der Waals surface area contributed by atoms with Gasteiger partial charge in [-0.2, -0.15) is 0 Å². The van der Waals surface area contributed by atoms with E-state index < -0.39 is 0 Å². The second kappa shape index (κ2) is 6.57. The van der Waals surface area contributed by atoms with Crippen LogP contribution >= 0.6 is 12.2 Å². The van der Waals surface area contributed by atoms with E-state index in [0.29, 0.717) is 0 Å². The van der Waals surface area contributed by atoms with Gasteiger partial charge in [0.25, 0.3) is 0 Å². The van der Waals surface area contributed by atoms with Crippen LogP contribution in [0.2, 0.25) is 0 Å². The van der Waals surface area contributed by atoms with Crippen molar-refractivity contribution in [1.82, 2.24) is 19.8 Å². The minimum atomic E-state index is 0.0221. The third-order valence-corrected chi connectivity index (χ3v) is 5.60. The third-order valence-electron chi connectivity index (χ3n) is 5.19. The van der Waals surface area contributed by atoms with E-state index in [1.54, 1.807) is 0 Å². The maximum absolute atomic E-state index is 5.55. The fourth-order valence-corrected chi connectivity index (χ4v) is 3.81. The lowest BCUT2D eigenvalue weighted by Crippen LogP contribution is -2.25. The summed E-state index contributed by atoms with van der Waals surface area (Å²) in [5.74, 6) is 0. The number of likely N-dealkylation sites (N-methyl/N-ethyl adjacent to an activating group) is 1. The molecule has 0 spiro atoms. The van der Waals surface area contributed by atoms with Gasteiger partial charge in [0, 0.05) is 30.8 Å². The molecule has 4 nitrogen and oxygen atoms in total. The number of hydrogen-bond donors (Lipinski definition) is 1. The van der Waals surface area contributed by atoms with Crippen molar-refractivity contribution in [2.24, 2.45) is 0 Å². The first kappa shape index (κ1) is 16.8. The Labute approximate surface area is 159 Å². The lowest BCUT2D eigenvalue weighted by molar-refractivity contribution is 0.357. The van der Waals surface area contributed by atoms with Crippen molar-refractivity contribution >= 4 is 17.3 Å². The number of rotatable bonds is 3. The number of nitrogens with one attached hydrogen (secondary N) is 1. The van der Waals surface area contributed by atoms with Crippen LogP contribution in [0.4, 0.5) is 0 Å². The first-order chi connectivity index (χ1) is 12.6. The second-order valence-electron chi connectivity index (χ2n) is 6.81. The average Bonchev–Trinajstić information content (AvgIpc) is 3.23. The summed E-state index contributed by atoms with van der Waals surface area (Å²) in [4.78, 5) is 6.69. The molecule has 0 saturated carbocycles. The summed E-state index contributed by atoms with van der Waals surface area (Å²) in [6.45, 7) is 4.29. The summed E-state index contributed by atoms with van der Waals surface area (Å²) in [6.07, 6.45) is 3.95. The summed E-state index contributed by atoms with van der Waals surface area (Å²) in [5.41, 5.74) is 5.95. The van der Waals surface area contributed by atoms with E-state index in [1.807, 2.05) is 25.4 Å². The molecule has 1 aromatic carbocycles. The van der Waals surface area contributed by atoms with E-state index in [1.165, 1.54) is 22.5 Å². The number of hydrogen-bond acceptors (Lipinski definition) is 2. The van der Waals surface area contributed by atoms with E-state index in [4.69, 9.17) is 12.2 Å². The molecule has 4 rings (SSSR count). The summed E-state index contributed by atoms with van der Waals surface area (Å²) in [6, 6.07) is 16.9. The van der Waals surface area contributed by atoms with Crippen molar-refractivity contribution in [2.45, 2.75) is 25.9 Å². The van der Waals surface area contributed by atoms with Crippen LogP contribution in [0.3, 0.4) is 0 Å². The Hall–Kier alpha value is -2.66. The molecule has 2 aromatic heterocycles. The molecule has 1 fully saturated rings. The fraction of sp³-hybridized carbons (Fsp3) is 0.238. The number of benzene rings is 1. The van der Waals surface area contributed by atoms with Gasteiger partial charge in [0.1, 0.15) is 0 Å². The Bertz CT molecular complexity index is 948. The predicted octanol–water partition coefficient (Wildman–Crippen LogP) is 4.09. The molecule has 5 heteroatoms. The lowest BCUT2D eigenvalue weighted by Gasteiger charge is -2.26. The van der Waals surface area contributed by atoms with Gasteiger partial charge in [0.2, 0.25) is 0 Å². The van der Waals surface area contributed by atoms with Crippen molar-refractivity contribution < 1.29 is 0 Å². The van der Waals surface area contributed by atoms with Crippen molar-refractivity contribution in [2.75, 3.05) is 7.05 Å². The van der Waals surface area contributed by atoms with Crippen LogP contribution in [0, 0.1) is 13.8 Å². The largest absolute Gasteiger partial charge is 0.352 e. The lowest BCUT2D eigenvalue weighted by atomic mass is 10.0. The molecule has 132 valence electrons. The van der Waals surface area contributed by atoms with Crippen LogP contribution in [-0.2, 0) is 0 Å². The maximum Gasteiger partial charge on any atom is 0.169 e. The molecule has 3 heterocycles. The van der Waals surface area contributed by atoms with Gasteiger partial charge in [-0.15, -0.1) is 0 Å². The summed E-state index contributed by atoms with van der Waals surface area (Å²) in [5, 5.41) is 4.19. The van der Waals surface area contributed by atoms with Crippen molar-refractivity contribution in [1.29, 1.82) is 0 Å². The minimum Gasteiger partial charge on any atom is -0.352 e. The minimum absolute atomic E-state index is 0.0221. The molecular weight excluding hydrogens is 340 g/mol. The van der Waals surface area contributed by atoms with Gasteiger partial charge in [0.05, 0.1) is 17.8 Å². The zero-order chi connectivity index (χ0) is 18.3. The van der Waals surface area contributed by atoms with Crippen LogP contribution in [0.1, 0.15) is 34.6 Å². The Morgan fingerprint density at radius 3 is 2.62 bits per heavy atom. The Morgan fingerprint density at radius 1 is 1.04 bits per heavy atom. The molecule has 1 aliphatic heterocycles. The molecule has 1 saturated heterocycles. The van der Waals surface area contributed by atoms with Crippen LogP contribution in [0.25, 0.3) is 5.69 Å². The molecule has 1 aliphatic rings. The van der Waals surface area contributed by atoms with Gasteiger partial charge in [-0.1, -0.05) is 12.1 Å². The highest BCUT2D eigenvalue weighted by Gasteiger charge is 2.39. The van der Waals surface area contributed by atoms with Crippen LogP contribution in [0.15, 0.2) is 60.9 Å². The molecule has 0 radical (unpaired) electrons. The molecular formula is C21H22N4S. The molecule has 0 amide bonds. The van der Waals surface area contributed by atoms with Crippen LogP contribution in [-0.4, -0.2) is 26.6 Å². The first-order valence-electron chi connectivity index (χ1n) is 8.75. The summed E-state index contributed by atoms with van der Waals surface area (Å²) in [7, 11) is 2.04. The molecule has 1 N–H and O–H groups in total. The quantitative estimate of drug-likeness (QED) is 0.712. The van der Waals surface area contributed by atoms with Crippen LogP contribution < -0.4 is 5.32 Å². The van der Waals surface area contributed by atoms with E-state index in [9.17, 15) is 0 Å². The second-order valence-corrected chi connectivity index (χ2v) is 7.20. The van der Waals surface area contributed by atoms with Gasteiger partial charge in [-0.25, -0.2) is 0 Å². The monoisotopic (exact) mass is 362 g/mol. The van der Waals surface area contributed by atoms with Gasteiger partial charge in [0.15, 0.2) is 5.11 Å². The molecule has 26 heavy (non-hydrogen) atoms. The van der Waals surface area contributed by atoms with E-state index in [-0.39, 0.29) is 12.1 Å². The molecule has 0 aliphatic carbocycles. The highest BCUT2D eigenvalue weighted by atomic mass is 32.1. The smallest absolute Gasteiger partial charge is 0.169 e. The number of aromatic nitrogens is 2. The van der Waals surface area contributed by atoms with E-state index in [0.717, 1.165) is 10.8 Å². The first-order valence-corrected chi connectivity index (χ1v) is 9.16. The van der Waals surface area contributed by atoms with Gasteiger partial charge in [-0.05, 0) is 73.6 Å². The standard InChI is InChI=1S/C21H22N4S/c1-14-9-10-16(13-15(14)2)25-12-6-8-18(25)20-19(23-21(26)24(20)3)17-7-4-5-11-22-17/h4-13,19-20H,1-3H3,(H,23,26)/t19-,20-/m0/s1. The number of aryl methyl sites for hydroxylation is 2. The van der Waals surface area contributed by atoms with E-state index in [2.05, 4.69) is 76.2 Å². The zero-order valence-corrected chi connectivity index (χ0v) is 16.0. The normalized spacial score (nSPS) is 19.7. The third kappa shape index (κ3) is 2.78. The Kier molecular flexibility index (Phi) is 4.24. The number of nitrogens with zero attached hydrogens (tertiary/aromatic N) is 3. The molecule has 3 aromatic rings. The van der Waals surface area contributed by atoms with Gasteiger partial charge in [-0.3, -0.25) is 4.98 Å². The topological polar surface area (TPSA) is 33.1 Å². The van der Waals surface area contributed by atoms with Crippen molar-refractivity contribution in [3.05, 3.63) is 83.4 Å². The zero-order valence-electron chi connectivity index (χ0n) is 15.2. The van der Waals surface area contributed by atoms with Crippen molar-refractivity contribution in [3.8, 4) is 5.69 Å². The predicted molar refractivity (Wildman–Crippen MR) is 108 cm³/mol. The molecule has 2 atom stereocenters. The Morgan fingerprint density at radius 2 is 1.88 bits per heavy atom. The van der Waals surface area contributed by atoms with Gasteiger partial charge < -0.3 is 14.8 Å². The van der Waals surface area contributed by atoms with E-state index >= 15 is 0 Å². The Balaban J connectivity index is 1.80. The maximum atomic E-state index is 5.55. The summed E-state index contributed by atoms with van der Waals surface area (Å²) < 4.78 is 2.25. The van der Waals surface area contributed by atoms with Gasteiger partial charge >= 0.3 is 0 Å². The molecule has 0 bridgehead atoms. The number of thiocarbonyl (C=S) groups is 1. The SMILES string of the molecule is Cc1ccc(-n2cccc2[C@H]2[C@H](c3ccccn3)NC(=S)N2C)cc1C. The average molecular weight is 363 g/mol.